The molecule has 1 aliphatic heterocycles. The molecule has 0 aromatic heterocycles. The summed E-state index contributed by atoms with van der Waals surface area (Å²) in [6, 6.07) is 12.1. The van der Waals surface area contributed by atoms with Crippen molar-refractivity contribution in [3.8, 4) is 5.75 Å². The molecule has 55 heavy (non-hydrogen) atoms. The first-order valence-corrected chi connectivity index (χ1v) is 18.4. The Balaban J connectivity index is 1.44. The normalized spacial score (nSPS) is 17.6. The minimum absolute atomic E-state index is 0.0403. The highest BCUT2D eigenvalue weighted by Crippen LogP contribution is 2.33. The maximum Gasteiger partial charge on any atom is 0.573 e. The van der Waals surface area contributed by atoms with Crippen LogP contribution in [0.1, 0.15) is 41.5 Å². The molecule has 2 N–H and O–H groups in total. The molecule has 0 spiro atoms. The number of hydrogen-bond acceptors (Lipinski definition) is 7. The molecular weight excluding hydrogens is 759 g/mol. The van der Waals surface area contributed by atoms with E-state index in [2.05, 4.69) is 15.4 Å². The minimum Gasteiger partial charge on any atom is -0.453 e. The van der Waals surface area contributed by atoms with E-state index in [-0.39, 0.29) is 53.1 Å². The number of alkyl halides is 3. The number of hydrogen-bond donors (Lipinski definition) is 2. The van der Waals surface area contributed by atoms with Crippen molar-refractivity contribution in [1.29, 1.82) is 0 Å². The van der Waals surface area contributed by atoms with Gasteiger partial charge in [-0.25, -0.2) is 30.8 Å². The van der Waals surface area contributed by atoms with Crippen LogP contribution in [0, 0.1) is 23.3 Å². The lowest BCUT2D eigenvalue weighted by molar-refractivity contribution is -0.274. The molecule has 1 heterocycles. The summed E-state index contributed by atoms with van der Waals surface area (Å²) >= 11 is 0. The van der Waals surface area contributed by atoms with E-state index in [0.29, 0.717) is 6.07 Å². The predicted molar refractivity (Wildman–Crippen MR) is 186 cm³/mol. The van der Waals surface area contributed by atoms with Crippen molar-refractivity contribution in [2.75, 3.05) is 20.2 Å². The Morgan fingerprint density at radius 2 is 1.55 bits per heavy atom. The van der Waals surface area contributed by atoms with Crippen molar-refractivity contribution in [1.82, 2.24) is 14.9 Å². The number of carbonyl (C=O) groups is 2. The first-order chi connectivity index (χ1) is 26.0. The monoisotopic (exact) mass is 795 g/mol. The van der Waals surface area contributed by atoms with Crippen LogP contribution in [0.4, 0.5) is 35.5 Å². The number of alkyl carbamates (subject to hydrolysis) is 1. The van der Waals surface area contributed by atoms with Gasteiger partial charge in [-0.15, -0.1) is 13.2 Å². The van der Waals surface area contributed by atoms with Crippen LogP contribution < -0.4 is 15.4 Å². The molecule has 0 bridgehead atoms. The number of Topliss-reactive ketones (excluding diaryl/α,β-unsaturated/α-hetero) is 1. The summed E-state index contributed by atoms with van der Waals surface area (Å²) in [5, 5.41) is 5.56. The molecule has 1 fully saturated rings. The summed E-state index contributed by atoms with van der Waals surface area (Å²) in [6.07, 6.45) is -6.59. The molecule has 1 aliphatic rings. The van der Waals surface area contributed by atoms with Crippen LogP contribution >= 0.6 is 0 Å². The van der Waals surface area contributed by atoms with Gasteiger partial charge in [0.2, 0.25) is 10.0 Å². The van der Waals surface area contributed by atoms with E-state index in [1.54, 1.807) is 6.92 Å². The molecule has 0 radical (unpaired) electrons. The maximum absolute atomic E-state index is 15.6. The number of amides is 1. The second kappa shape index (κ2) is 17.2. The molecular formula is C38H36F7N3O6S. The quantitative estimate of drug-likeness (QED) is 0.143. The lowest BCUT2D eigenvalue weighted by atomic mass is 9.81. The van der Waals surface area contributed by atoms with Crippen molar-refractivity contribution < 1.29 is 58.2 Å². The third-order valence-electron chi connectivity index (χ3n) is 9.17. The van der Waals surface area contributed by atoms with Crippen molar-refractivity contribution in [2.45, 2.75) is 61.5 Å². The molecule has 9 nitrogen and oxygen atoms in total. The number of ether oxygens (including phenoxy) is 2. The van der Waals surface area contributed by atoms with Crippen LogP contribution in [0.2, 0.25) is 0 Å². The Morgan fingerprint density at radius 3 is 2.16 bits per heavy atom. The fourth-order valence-electron chi connectivity index (χ4n) is 6.79. The zero-order valence-corrected chi connectivity index (χ0v) is 30.2. The average molecular weight is 796 g/mol. The topological polar surface area (TPSA) is 114 Å². The lowest BCUT2D eigenvalue weighted by Crippen LogP contribution is -2.58. The number of methoxy groups -OCH3 is 1. The average Bonchev–Trinajstić information content (AvgIpc) is 3.10. The molecule has 4 aromatic rings. The van der Waals surface area contributed by atoms with Gasteiger partial charge in [-0.2, -0.15) is 4.31 Å². The Bertz CT molecular complexity index is 2080. The summed E-state index contributed by atoms with van der Waals surface area (Å²) < 4.78 is 134. The highest BCUT2D eigenvalue weighted by Gasteiger charge is 2.39. The molecule has 5 rings (SSSR count). The highest BCUT2D eigenvalue weighted by atomic mass is 32.2. The van der Waals surface area contributed by atoms with Gasteiger partial charge in [-0.05, 0) is 96.6 Å². The third kappa shape index (κ3) is 10.2. The predicted octanol–water partition coefficient (Wildman–Crippen LogP) is 6.79. The van der Waals surface area contributed by atoms with Gasteiger partial charge < -0.3 is 20.1 Å². The SMILES string of the molecule is COC(=O)N[C@H](C(=O)Cc1cccc(F)c1CC[C@H]1CNC[C@H](C)N1S(=O)(=O)c1ccc(OC(F)(F)F)cc1)[C@@H](c1ccc(F)cc1)c1cc(F)cc(F)c1. The Morgan fingerprint density at radius 1 is 0.891 bits per heavy atom. The molecule has 0 unspecified atom stereocenters. The van der Waals surface area contributed by atoms with E-state index in [9.17, 15) is 44.3 Å². The largest absolute Gasteiger partial charge is 0.573 e. The van der Waals surface area contributed by atoms with Crippen LogP contribution in [0.25, 0.3) is 0 Å². The van der Waals surface area contributed by atoms with E-state index in [1.165, 1.54) is 28.6 Å². The van der Waals surface area contributed by atoms with Gasteiger partial charge in [0.05, 0.1) is 12.0 Å². The Labute approximate surface area is 312 Å². The van der Waals surface area contributed by atoms with Gasteiger partial charge in [-0.3, -0.25) is 4.79 Å². The van der Waals surface area contributed by atoms with Crippen LogP contribution in [0.3, 0.4) is 0 Å². The number of piperazine rings is 1. The number of sulfonamides is 1. The van der Waals surface area contributed by atoms with E-state index in [0.717, 1.165) is 61.7 Å². The van der Waals surface area contributed by atoms with Crippen molar-refractivity contribution in [3.05, 3.63) is 130 Å². The summed E-state index contributed by atoms with van der Waals surface area (Å²) in [6.45, 7) is 2.04. The fraction of sp³-hybridized carbons (Fsp3) is 0.316. The molecule has 4 atom stereocenters. The lowest BCUT2D eigenvalue weighted by Gasteiger charge is -2.40. The number of nitrogens with zero attached hydrogens (tertiary/aromatic N) is 1. The van der Waals surface area contributed by atoms with Gasteiger partial charge in [0.15, 0.2) is 5.78 Å². The summed E-state index contributed by atoms with van der Waals surface area (Å²) in [5.74, 6) is -5.90. The second-order valence-corrected chi connectivity index (χ2v) is 14.8. The standard InChI is InChI=1S/C38H36F7N3O6S/c1-22-20-46-21-29(48(22)55(51,52)31-13-11-30(12-14-31)54-38(43,44)45)10-15-32-24(4-3-5-33(32)42)18-34(49)36(47-37(50)53-2)35(23-6-8-26(39)9-7-23)25-16-27(40)19-28(41)17-25/h3-9,11-14,16-17,19,22,29,35-36,46H,10,15,18,20-21H2,1-2H3,(H,47,50)/t22-,29-,35-,36+/m0/s1. The second-order valence-electron chi connectivity index (χ2n) is 12.9. The van der Waals surface area contributed by atoms with Crippen molar-refractivity contribution in [2.24, 2.45) is 0 Å². The number of halogens is 7. The van der Waals surface area contributed by atoms with Crippen LogP contribution in [0.15, 0.2) is 89.8 Å². The summed E-state index contributed by atoms with van der Waals surface area (Å²) in [5.41, 5.74) is 0.382. The highest BCUT2D eigenvalue weighted by molar-refractivity contribution is 7.89. The smallest absolute Gasteiger partial charge is 0.453 e. The molecule has 0 saturated carbocycles. The first kappa shape index (κ1) is 41.2. The minimum atomic E-state index is -4.97. The van der Waals surface area contributed by atoms with E-state index in [1.807, 2.05) is 0 Å². The van der Waals surface area contributed by atoms with Crippen molar-refractivity contribution >= 4 is 21.9 Å². The number of rotatable bonds is 13. The van der Waals surface area contributed by atoms with Gasteiger partial charge in [0, 0.05) is 43.6 Å². The molecule has 1 saturated heterocycles. The number of benzene rings is 4. The van der Waals surface area contributed by atoms with Crippen LogP contribution in [-0.2, 0) is 32.4 Å². The van der Waals surface area contributed by atoms with E-state index < -0.39 is 87.7 Å². The molecule has 4 aromatic carbocycles. The van der Waals surface area contributed by atoms with Gasteiger partial charge in [-0.1, -0.05) is 24.3 Å². The Hall–Kier alpha value is -5.00. The van der Waals surface area contributed by atoms with Gasteiger partial charge >= 0.3 is 12.5 Å². The zero-order valence-electron chi connectivity index (χ0n) is 29.4. The van der Waals surface area contributed by atoms with E-state index in [4.69, 9.17) is 4.74 Å². The number of ketones is 1. The summed E-state index contributed by atoms with van der Waals surface area (Å²) in [7, 11) is -3.24. The maximum atomic E-state index is 15.6. The molecule has 0 aliphatic carbocycles. The van der Waals surface area contributed by atoms with Gasteiger partial charge in [0.25, 0.3) is 0 Å². The number of carbonyl (C=O) groups excluding carboxylic acids is 2. The van der Waals surface area contributed by atoms with Crippen molar-refractivity contribution in [3.63, 3.8) is 0 Å². The molecule has 294 valence electrons. The van der Waals surface area contributed by atoms with Gasteiger partial charge in [0.1, 0.15) is 35.1 Å². The Kier molecular flexibility index (Phi) is 12.9. The molecule has 1 amide bonds. The molecule has 17 heteroatoms. The zero-order chi connectivity index (χ0) is 40.1. The van der Waals surface area contributed by atoms with Crippen LogP contribution in [0.5, 0.6) is 5.75 Å². The van der Waals surface area contributed by atoms with E-state index >= 15 is 4.39 Å². The number of nitrogens with one attached hydrogen (secondary N) is 2. The third-order valence-corrected chi connectivity index (χ3v) is 11.2. The van der Waals surface area contributed by atoms with Crippen LogP contribution in [-0.4, -0.2) is 69.3 Å². The first-order valence-electron chi connectivity index (χ1n) is 16.9. The fourth-order valence-corrected chi connectivity index (χ4v) is 8.64. The summed E-state index contributed by atoms with van der Waals surface area (Å²) in [4.78, 5) is 26.5.